The highest BCUT2D eigenvalue weighted by molar-refractivity contribution is 5.93. The number of piperazine rings is 1. The molecule has 3 rings (SSSR count). The molecule has 0 bridgehead atoms. The fraction of sp³-hybridized carbons (Fsp3) is 0.450. The van der Waals surface area contributed by atoms with Gasteiger partial charge in [-0.05, 0) is 13.3 Å². The van der Waals surface area contributed by atoms with Crippen LogP contribution in [0.5, 0.6) is 0 Å². The lowest BCUT2D eigenvalue weighted by atomic mass is 10.1. The lowest BCUT2D eigenvalue weighted by Crippen LogP contribution is -2.49. The Balaban J connectivity index is 1.64. The van der Waals surface area contributed by atoms with Gasteiger partial charge in [-0.3, -0.25) is 14.5 Å². The summed E-state index contributed by atoms with van der Waals surface area (Å²) in [4.78, 5) is 36.2. The molecule has 1 aromatic heterocycles. The maximum Gasteiger partial charge on any atom is 0.264 e. The Morgan fingerprint density at radius 2 is 1.89 bits per heavy atom. The SMILES string of the molecule is COCCCN1CCN(C(=O)c2cnc(-c3ccc(C)cc3)[nH]c2=O)CC1. The lowest BCUT2D eigenvalue weighted by molar-refractivity contribution is 0.0622. The summed E-state index contributed by atoms with van der Waals surface area (Å²) < 4.78 is 5.07. The number of aromatic amines is 1. The van der Waals surface area contributed by atoms with E-state index in [4.69, 9.17) is 4.74 Å². The van der Waals surface area contributed by atoms with E-state index in [0.29, 0.717) is 18.9 Å². The molecule has 1 saturated heterocycles. The first kappa shape index (κ1) is 19.3. The van der Waals surface area contributed by atoms with Gasteiger partial charge in [0, 0.05) is 58.2 Å². The number of aryl methyl sites for hydroxylation is 1. The third-order valence-electron chi connectivity index (χ3n) is 4.84. The monoisotopic (exact) mass is 370 g/mol. The molecule has 7 heteroatoms. The number of methoxy groups -OCH3 is 1. The van der Waals surface area contributed by atoms with E-state index >= 15 is 0 Å². The Bertz CT molecular complexity index is 824. The summed E-state index contributed by atoms with van der Waals surface area (Å²) in [5.41, 5.74) is 1.66. The number of hydrogen-bond acceptors (Lipinski definition) is 5. The number of nitrogens with one attached hydrogen (secondary N) is 1. The molecule has 1 amide bonds. The second-order valence-electron chi connectivity index (χ2n) is 6.82. The Kier molecular flexibility index (Phi) is 6.36. The number of carbonyl (C=O) groups excluding carboxylic acids is 1. The Labute approximate surface area is 159 Å². The molecule has 1 fully saturated rings. The van der Waals surface area contributed by atoms with Crippen LogP contribution >= 0.6 is 0 Å². The molecule has 0 unspecified atom stereocenters. The second-order valence-corrected chi connectivity index (χ2v) is 6.82. The summed E-state index contributed by atoms with van der Waals surface area (Å²) in [6, 6.07) is 7.72. The lowest BCUT2D eigenvalue weighted by Gasteiger charge is -2.34. The molecule has 1 aromatic carbocycles. The molecule has 0 spiro atoms. The maximum atomic E-state index is 12.7. The topological polar surface area (TPSA) is 78.5 Å². The average molecular weight is 370 g/mol. The van der Waals surface area contributed by atoms with Crippen molar-refractivity contribution in [1.82, 2.24) is 19.8 Å². The predicted octanol–water partition coefficient (Wildman–Crippen LogP) is 1.54. The van der Waals surface area contributed by atoms with Crippen LogP contribution in [0.4, 0.5) is 0 Å². The van der Waals surface area contributed by atoms with E-state index in [1.54, 1.807) is 12.0 Å². The molecule has 0 aliphatic carbocycles. The molecule has 1 aliphatic heterocycles. The van der Waals surface area contributed by atoms with Crippen molar-refractivity contribution in [3.05, 3.63) is 51.9 Å². The number of amides is 1. The van der Waals surface area contributed by atoms with Crippen molar-refractivity contribution in [2.75, 3.05) is 46.4 Å². The first-order chi connectivity index (χ1) is 13.1. The zero-order valence-corrected chi connectivity index (χ0v) is 15.9. The van der Waals surface area contributed by atoms with Crippen LogP contribution in [0.2, 0.25) is 0 Å². The van der Waals surface area contributed by atoms with Gasteiger partial charge in [0.1, 0.15) is 11.4 Å². The van der Waals surface area contributed by atoms with Gasteiger partial charge in [0.25, 0.3) is 11.5 Å². The largest absolute Gasteiger partial charge is 0.385 e. The normalized spacial score (nSPS) is 15.1. The number of nitrogens with zero attached hydrogens (tertiary/aromatic N) is 3. The van der Waals surface area contributed by atoms with Gasteiger partial charge in [-0.2, -0.15) is 0 Å². The molecule has 27 heavy (non-hydrogen) atoms. The molecule has 7 nitrogen and oxygen atoms in total. The van der Waals surface area contributed by atoms with Crippen LogP contribution in [0.3, 0.4) is 0 Å². The van der Waals surface area contributed by atoms with Gasteiger partial charge in [-0.1, -0.05) is 29.8 Å². The number of aromatic nitrogens is 2. The van der Waals surface area contributed by atoms with Crippen LogP contribution < -0.4 is 5.56 Å². The van der Waals surface area contributed by atoms with Crippen molar-refractivity contribution in [2.45, 2.75) is 13.3 Å². The van der Waals surface area contributed by atoms with E-state index in [1.165, 1.54) is 6.20 Å². The van der Waals surface area contributed by atoms with Gasteiger partial charge < -0.3 is 14.6 Å². The Morgan fingerprint density at radius 1 is 1.19 bits per heavy atom. The van der Waals surface area contributed by atoms with E-state index in [1.807, 2.05) is 31.2 Å². The maximum absolute atomic E-state index is 12.7. The van der Waals surface area contributed by atoms with Crippen LogP contribution in [0.25, 0.3) is 11.4 Å². The van der Waals surface area contributed by atoms with E-state index in [-0.39, 0.29) is 11.5 Å². The number of benzene rings is 1. The van der Waals surface area contributed by atoms with Crippen molar-refractivity contribution in [3.8, 4) is 11.4 Å². The first-order valence-electron chi connectivity index (χ1n) is 9.25. The summed E-state index contributed by atoms with van der Waals surface area (Å²) >= 11 is 0. The Hall–Kier alpha value is -2.51. The molecule has 2 aromatic rings. The molecule has 1 N–H and O–H groups in total. The van der Waals surface area contributed by atoms with Crippen LogP contribution in [-0.4, -0.2) is 72.1 Å². The summed E-state index contributed by atoms with van der Waals surface area (Å²) in [6.07, 6.45) is 2.37. The predicted molar refractivity (Wildman–Crippen MR) is 104 cm³/mol. The van der Waals surface area contributed by atoms with Crippen LogP contribution in [0.15, 0.2) is 35.3 Å². The fourth-order valence-electron chi connectivity index (χ4n) is 3.18. The Morgan fingerprint density at radius 3 is 2.52 bits per heavy atom. The summed E-state index contributed by atoms with van der Waals surface area (Å²) in [5, 5.41) is 0. The zero-order valence-electron chi connectivity index (χ0n) is 15.9. The van der Waals surface area contributed by atoms with Crippen LogP contribution in [0.1, 0.15) is 22.3 Å². The minimum Gasteiger partial charge on any atom is -0.385 e. The highest BCUT2D eigenvalue weighted by Gasteiger charge is 2.24. The number of ether oxygens (including phenoxy) is 1. The minimum absolute atomic E-state index is 0.0960. The van der Waals surface area contributed by atoms with Crippen molar-refractivity contribution in [1.29, 1.82) is 0 Å². The summed E-state index contributed by atoms with van der Waals surface area (Å²) in [7, 11) is 1.70. The van der Waals surface area contributed by atoms with Crippen molar-refractivity contribution in [2.24, 2.45) is 0 Å². The average Bonchev–Trinajstić information content (AvgIpc) is 2.69. The number of carbonyl (C=O) groups is 1. The quantitative estimate of drug-likeness (QED) is 0.781. The molecule has 0 saturated carbocycles. The molecule has 0 radical (unpaired) electrons. The molecular formula is C20H26N4O3. The summed E-state index contributed by atoms with van der Waals surface area (Å²) in [6.45, 7) is 6.55. The fourth-order valence-corrected chi connectivity index (χ4v) is 3.18. The molecule has 2 heterocycles. The molecular weight excluding hydrogens is 344 g/mol. The zero-order chi connectivity index (χ0) is 19.2. The third kappa shape index (κ3) is 4.81. The number of rotatable bonds is 6. The van der Waals surface area contributed by atoms with Crippen molar-refractivity contribution < 1.29 is 9.53 Å². The molecule has 1 aliphatic rings. The van der Waals surface area contributed by atoms with Gasteiger partial charge in [0.15, 0.2) is 0 Å². The highest BCUT2D eigenvalue weighted by atomic mass is 16.5. The van der Waals surface area contributed by atoms with E-state index in [9.17, 15) is 9.59 Å². The standard InChI is InChI=1S/C20H26N4O3/c1-15-4-6-16(7-5-15)18-21-14-17(19(25)22-18)20(26)24-11-9-23(10-12-24)8-3-13-27-2/h4-7,14H,3,8-13H2,1-2H3,(H,21,22,25). The van der Waals surface area contributed by atoms with E-state index in [0.717, 1.165) is 43.8 Å². The highest BCUT2D eigenvalue weighted by Crippen LogP contribution is 2.14. The van der Waals surface area contributed by atoms with Gasteiger partial charge in [-0.15, -0.1) is 0 Å². The van der Waals surface area contributed by atoms with E-state index < -0.39 is 5.56 Å². The smallest absolute Gasteiger partial charge is 0.264 e. The molecule has 0 atom stereocenters. The van der Waals surface area contributed by atoms with Gasteiger partial charge in [-0.25, -0.2) is 4.98 Å². The summed E-state index contributed by atoms with van der Waals surface area (Å²) in [5.74, 6) is 0.218. The van der Waals surface area contributed by atoms with Gasteiger partial charge >= 0.3 is 0 Å². The second kappa shape index (κ2) is 8.92. The van der Waals surface area contributed by atoms with Crippen molar-refractivity contribution in [3.63, 3.8) is 0 Å². The van der Waals surface area contributed by atoms with Gasteiger partial charge in [0.2, 0.25) is 0 Å². The minimum atomic E-state index is -0.395. The first-order valence-corrected chi connectivity index (χ1v) is 9.25. The number of hydrogen-bond donors (Lipinski definition) is 1. The van der Waals surface area contributed by atoms with Crippen LogP contribution in [-0.2, 0) is 4.74 Å². The van der Waals surface area contributed by atoms with Crippen LogP contribution in [0, 0.1) is 6.92 Å². The van der Waals surface area contributed by atoms with E-state index in [2.05, 4.69) is 14.9 Å². The van der Waals surface area contributed by atoms with Crippen molar-refractivity contribution >= 4 is 5.91 Å². The third-order valence-corrected chi connectivity index (χ3v) is 4.84. The number of H-pyrrole nitrogens is 1. The molecule has 144 valence electrons. The van der Waals surface area contributed by atoms with Gasteiger partial charge in [0.05, 0.1) is 0 Å².